The van der Waals surface area contributed by atoms with Crippen molar-refractivity contribution >= 4 is 5.91 Å². The van der Waals surface area contributed by atoms with Gasteiger partial charge in [0.25, 0.3) is 11.5 Å². The van der Waals surface area contributed by atoms with Crippen LogP contribution in [0.15, 0.2) is 59.9 Å². The number of carbonyl (C=O) groups excluding carboxylic acids is 1. The van der Waals surface area contributed by atoms with Gasteiger partial charge in [-0.15, -0.1) is 0 Å². The van der Waals surface area contributed by atoms with Gasteiger partial charge in [0.1, 0.15) is 5.56 Å². The Kier molecular flexibility index (Phi) is 5.93. The minimum atomic E-state index is -0.408. The molecule has 0 bridgehead atoms. The van der Waals surface area contributed by atoms with Crippen LogP contribution in [0.1, 0.15) is 27.3 Å². The van der Waals surface area contributed by atoms with Crippen LogP contribution in [0.3, 0.4) is 0 Å². The fraction of sp³-hybridized carbons (Fsp3) is 0.208. The normalized spacial score (nSPS) is 10.8. The number of H-pyrrole nitrogens is 1. The molecule has 32 heavy (non-hydrogen) atoms. The maximum atomic E-state index is 12.6. The molecular weight excluding hydrogens is 404 g/mol. The molecule has 8 nitrogen and oxygen atoms in total. The third-order valence-corrected chi connectivity index (χ3v) is 5.37. The van der Waals surface area contributed by atoms with Gasteiger partial charge in [0.05, 0.1) is 18.4 Å². The Balaban J connectivity index is 1.58. The van der Waals surface area contributed by atoms with E-state index >= 15 is 0 Å². The van der Waals surface area contributed by atoms with Crippen molar-refractivity contribution in [1.82, 2.24) is 30.0 Å². The van der Waals surface area contributed by atoms with Crippen molar-refractivity contribution in [2.45, 2.75) is 27.3 Å². The molecule has 4 heterocycles. The van der Waals surface area contributed by atoms with E-state index in [0.29, 0.717) is 13.1 Å². The molecule has 0 aliphatic rings. The first kappa shape index (κ1) is 21.2. The Hall–Kier alpha value is -4.07. The fourth-order valence-corrected chi connectivity index (χ4v) is 3.48. The summed E-state index contributed by atoms with van der Waals surface area (Å²) in [5.74, 6) is -0.408. The summed E-state index contributed by atoms with van der Waals surface area (Å²) >= 11 is 0. The molecule has 2 N–H and O–H groups in total. The summed E-state index contributed by atoms with van der Waals surface area (Å²) in [6, 6.07) is 9.44. The van der Waals surface area contributed by atoms with Gasteiger partial charge in [-0.2, -0.15) is 5.10 Å². The highest BCUT2D eigenvalue weighted by molar-refractivity contribution is 5.94. The second-order valence-corrected chi connectivity index (χ2v) is 7.63. The van der Waals surface area contributed by atoms with E-state index in [2.05, 4.69) is 25.4 Å². The van der Waals surface area contributed by atoms with Gasteiger partial charge in [-0.3, -0.25) is 24.2 Å². The first-order valence-corrected chi connectivity index (χ1v) is 10.3. The van der Waals surface area contributed by atoms with E-state index in [-0.39, 0.29) is 5.56 Å². The van der Waals surface area contributed by atoms with E-state index in [9.17, 15) is 9.59 Å². The predicted molar refractivity (Wildman–Crippen MR) is 122 cm³/mol. The first-order chi connectivity index (χ1) is 15.4. The predicted octanol–water partition coefficient (Wildman–Crippen LogP) is 3.05. The molecule has 8 heteroatoms. The second kappa shape index (κ2) is 8.97. The van der Waals surface area contributed by atoms with Gasteiger partial charge in [0, 0.05) is 47.7 Å². The maximum absolute atomic E-state index is 12.6. The number of aryl methyl sites for hydroxylation is 3. The van der Waals surface area contributed by atoms with Gasteiger partial charge in [-0.05, 0) is 62.2 Å². The molecule has 4 aromatic heterocycles. The number of hydrogen-bond donors (Lipinski definition) is 2. The first-order valence-electron chi connectivity index (χ1n) is 10.3. The van der Waals surface area contributed by atoms with Crippen LogP contribution in [-0.4, -0.2) is 37.2 Å². The van der Waals surface area contributed by atoms with Gasteiger partial charge in [0.2, 0.25) is 0 Å². The smallest absolute Gasteiger partial charge is 0.261 e. The van der Waals surface area contributed by atoms with E-state index in [1.54, 1.807) is 31.6 Å². The average molecular weight is 428 g/mol. The van der Waals surface area contributed by atoms with E-state index in [0.717, 1.165) is 39.3 Å². The minimum Gasteiger partial charge on any atom is -0.350 e. The van der Waals surface area contributed by atoms with Crippen LogP contribution in [0.2, 0.25) is 0 Å². The highest BCUT2D eigenvalue weighted by atomic mass is 16.2. The molecule has 0 saturated heterocycles. The number of nitrogens with one attached hydrogen (secondary N) is 2. The topological polar surface area (TPSA) is 106 Å². The largest absolute Gasteiger partial charge is 0.350 e. The van der Waals surface area contributed by atoms with Crippen LogP contribution in [0.5, 0.6) is 0 Å². The molecule has 0 aliphatic heterocycles. The molecule has 0 spiro atoms. The SMILES string of the molecule is Cc1ccc(-c2c(-c3ccncc3)cnn2CCNC(=O)c2cc(C)c(C)[nH]c2=O)cn1. The lowest BCUT2D eigenvalue weighted by atomic mass is 10.0. The zero-order valence-corrected chi connectivity index (χ0v) is 18.2. The number of amides is 1. The maximum Gasteiger partial charge on any atom is 0.261 e. The number of carbonyl (C=O) groups is 1. The van der Waals surface area contributed by atoms with Crippen molar-refractivity contribution in [2.75, 3.05) is 6.54 Å². The summed E-state index contributed by atoms with van der Waals surface area (Å²) in [6.07, 6.45) is 7.11. The van der Waals surface area contributed by atoms with E-state index < -0.39 is 11.5 Å². The van der Waals surface area contributed by atoms with Crippen molar-refractivity contribution in [3.63, 3.8) is 0 Å². The zero-order valence-electron chi connectivity index (χ0n) is 18.2. The van der Waals surface area contributed by atoms with Crippen LogP contribution in [0.25, 0.3) is 22.4 Å². The minimum absolute atomic E-state index is 0.106. The molecule has 1 amide bonds. The Morgan fingerprint density at radius 3 is 2.56 bits per heavy atom. The third-order valence-electron chi connectivity index (χ3n) is 5.37. The summed E-state index contributed by atoms with van der Waals surface area (Å²) in [5, 5.41) is 7.38. The van der Waals surface area contributed by atoms with Gasteiger partial charge >= 0.3 is 0 Å². The number of hydrogen-bond acceptors (Lipinski definition) is 5. The summed E-state index contributed by atoms with van der Waals surface area (Å²) in [5.41, 5.74) is 6.03. The number of nitrogens with zero attached hydrogens (tertiary/aromatic N) is 4. The molecule has 0 fully saturated rings. The molecule has 0 saturated carbocycles. The molecule has 4 aromatic rings. The highest BCUT2D eigenvalue weighted by Gasteiger charge is 2.16. The van der Waals surface area contributed by atoms with E-state index in [4.69, 9.17) is 0 Å². The number of aromatic amines is 1. The van der Waals surface area contributed by atoms with Crippen LogP contribution in [0, 0.1) is 20.8 Å². The standard InChI is InChI=1S/C24H24N6O2/c1-15-12-20(24(32)29-17(15)3)23(31)26-10-11-30-22(19-5-4-16(2)27-13-19)21(14-28-30)18-6-8-25-9-7-18/h4-9,12-14H,10-11H2,1-3H3,(H,26,31)(H,29,32). The van der Waals surface area contributed by atoms with Crippen LogP contribution in [-0.2, 0) is 6.54 Å². The second-order valence-electron chi connectivity index (χ2n) is 7.63. The number of rotatable bonds is 6. The Morgan fingerprint density at radius 2 is 1.84 bits per heavy atom. The van der Waals surface area contributed by atoms with Gasteiger partial charge in [-0.1, -0.05) is 0 Å². The van der Waals surface area contributed by atoms with Crippen molar-refractivity contribution in [1.29, 1.82) is 0 Å². The Bertz CT molecular complexity index is 1310. The lowest BCUT2D eigenvalue weighted by molar-refractivity contribution is 0.0950. The molecular formula is C24H24N6O2. The monoisotopic (exact) mass is 428 g/mol. The lowest BCUT2D eigenvalue weighted by Crippen LogP contribution is -2.32. The molecule has 0 atom stereocenters. The van der Waals surface area contributed by atoms with Crippen LogP contribution < -0.4 is 10.9 Å². The summed E-state index contributed by atoms with van der Waals surface area (Å²) in [4.78, 5) is 35.9. The fourth-order valence-electron chi connectivity index (χ4n) is 3.48. The van der Waals surface area contributed by atoms with Crippen LogP contribution >= 0.6 is 0 Å². The Morgan fingerprint density at radius 1 is 1.06 bits per heavy atom. The summed E-state index contributed by atoms with van der Waals surface area (Å²) in [7, 11) is 0. The average Bonchev–Trinajstić information content (AvgIpc) is 3.21. The van der Waals surface area contributed by atoms with Gasteiger partial charge in [-0.25, -0.2) is 0 Å². The zero-order chi connectivity index (χ0) is 22.7. The van der Waals surface area contributed by atoms with E-state index in [1.165, 1.54) is 0 Å². The van der Waals surface area contributed by atoms with Gasteiger partial charge in [0.15, 0.2) is 0 Å². The molecule has 4 rings (SSSR count). The van der Waals surface area contributed by atoms with Crippen molar-refractivity contribution < 1.29 is 4.79 Å². The third kappa shape index (κ3) is 4.34. The number of pyridine rings is 3. The van der Waals surface area contributed by atoms with E-state index in [1.807, 2.05) is 49.0 Å². The molecule has 0 aromatic carbocycles. The van der Waals surface area contributed by atoms with Gasteiger partial charge < -0.3 is 10.3 Å². The Labute approximate surface area is 185 Å². The summed E-state index contributed by atoms with van der Waals surface area (Å²) in [6.45, 7) is 6.35. The molecule has 0 aliphatic carbocycles. The number of aromatic nitrogens is 5. The van der Waals surface area contributed by atoms with Crippen LogP contribution in [0.4, 0.5) is 0 Å². The van der Waals surface area contributed by atoms with Crippen molar-refractivity contribution in [3.05, 3.63) is 88.0 Å². The summed E-state index contributed by atoms with van der Waals surface area (Å²) < 4.78 is 1.84. The lowest BCUT2D eigenvalue weighted by Gasteiger charge is -2.11. The molecule has 162 valence electrons. The van der Waals surface area contributed by atoms with Crippen molar-refractivity contribution in [2.24, 2.45) is 0 Å². The molecule has 0 radical (unpaired) electrons. The highest BCUT2D eigenvalue weighted by Crippen LogP contribution is 2.31. The molecule has 0 unspecified atom stereocenters. The quantitative estimate of drug-likeness (QED) is 0.491. The van der Waals surface area contributed by atoms with Crippen molar-refractivity contribution in [3.8, 4) is 22.4 Å².